The van der Waals surface area contributed by atoms with Crippen molar-refractivity contribution in [3.05, 3.63) is 60.8 Å². The molecule has 1 unspecified atom stereocenters. The van der Waals surface area contributed by atoms with Crippen LogP contribution < -0.4 is 0 Å². The third-order valence-electron chi connectivity index (χ3n) is 11.7. The van der Waals surface area contributed by atoms with Crippen molar-refractivity contribution < 1.29 is 28.6 Å². The average Bonchev–Trinajstić information content (AvgIpc) is 3.29. The number of hydrogen-bond donors (Lipinski definition) is 0. The minimum absolute atomic E-state index is 0.0829. The minimum atomic E-state index is -0.783. The van der Waals surface area contributed by atoms with Crippen molar-refractivity contribution in [2.45, 2.75) is 277 Å². The first-order valence-electron chi connectivity index (χ1n) is 27.3. The van der Waals surface area contributed by atoms with Crippen molar-refractivity contribution in [3.8, 4) is 0 Å². The highest BCUT2D eigenvalue weighted by atomic mass is 16.6. The zero-order valence-electron chi connectivity index (χ0n) is 42.3. The molecule has 6 nitrogen and oxygen atoms in total. The lowest BCUT2D eigenvalue weighted by molar-refractivity contribution is -0.167. The fraction of sp³-hybridized carbons (Fsp3) is 0.776. The van der Waals surface area contributed by atoms with Crippen molar-refractivity contribution in [1.82, 2.24) is 0 Å². The molecule has 0 heterocycles. The van der Waals surface area contributed by atoms with Crippen LogP contribution in [0.15, 0.2) is 60.8 Å². The molecule has 0 radical (unpaired) electrons. The Bertz CT molecular complexity index is 1170. The Morgan fingerprint density at radius 1 is 0.328 bits per heavy atom. The monoisotopic (exact) mass is 895 g/mol. The number of unbranched alkanes of at least 4 members (excludes halogenated alkanes) is 28. The van der Waals surface area contributed by atoms with E-state index >= 15 is 0 Å². The molecule has 0 aliphatic rings. The van der Waals surface area contributed by atoms with Crippen molar-refractivity contribution >= 4 is 17.9 Å². The highest BCUT2D eigenvalue weighted by molar-refractivity contribution is 5.71. The van der Waals surface area contributed by atoms with Crippen LogP contribution in [0.4, 0.5) is 0 Å². The summed E-state index contributed by atoms with van der Waals surface area (Å²) in [6.07, 6.45) is 64.9. The van der Waals surface area contributed by atoms with E-state index in [0.29, 0.717) is 19.3 Å². The summed E-state index contributed by atoms with van der Waals surface area (Å²) in [4.78, 5) is 38.0. The van der Waals surface area contributed by atoms with Crippen LogP contribution >= 0.6 is 0 Å². The van der Waals surface area contributed by atoms with E-state index in [-0.39, 0.29) is 31.1 Å². The van der Waals surface area contributed by atoms with Crippen LogP contribution in [-0.4, -0.2) is 37.2 Å². The number of allylic oxidation sites excluding steroid dienone is 10. The quantitative estimate of drug-likeness (QED) is 0.0262. The van der Waals surface area contributed by atoms with Gasteiger partial charge >= 0.3 is 17.9 Å². The van der Waals surface area contributed by atoms with Crippen LogP contribution in [0.25, 0.3) is 0 Å². The van der Waals surface area contributed by atoms with Gasteiger partial charge in [0.2, 0.25) is 0 Å². The van der Waals surface area contributed by atoms with Gasteiger partial charge in [0.05, 0.1) is 0 Å². The number of carbonyl (C=O) groups is 3. The highest BCUT2D eigenvalue weighted by Crippen LogP contribution is 2.15. The zero-order valence-corrected chi connectivity index (χ0v) is 42.3. The van der Waals surface area contributed by atoms with Gasteiger partial charge in [-0.2, -0.15) is 0 Å². The fourth-order valence-electron chi connectivity index (χ4n) is 7.62. The van der Waals surface area contributed by atoms with Gasteiger partial charge in [0, 0.05) is 19.3 Å². The molecule has 0 spiro atoms. The normalized spacial score (nSPS) is 12.5. The lowest BCUT2D eigenvalue weighted by Gasteiger charge is -2.18. The molecule has 370 valence electrons. The SMILES string of the molecule is CC/C=C\C/C=C\C/C=C\CCCCCCCCCC(=O)OCC(COC(=O)CCCCCCC/C=C\CCCCC)OC(=O)CCCCCCCCC/C=C\CCCCCCCC. The molecule has 0 aliphatic heterocycles. The van der Waals surface area contributed by atoms with Gasteiger partial charge in [0.1, 0.15) is 13.2 Å². The smallest absolute Gasteiger partial charge is 0.306 e. The summed E-state index contributed by atoms with van der Waals surface area (Å²) in [6, 6.07) is 0. The van der Waals surface area contributed by atoms with E-state index in [1.165, 1.54) is 141 Å². The van der Waals surface area contributed by atoms with E-state index in [4.69, 9.17) is 14.2 Å². The second-order valence-electron chi connectivity index (χ2n) is 18.1. The molecule has 0 aromatic rings. The van der Waals surface area contributed by atoms with E-state index in [9.17, 15) is 14.4 Å². The Labute approximate surface area is 396 Å². The Hall–Kier alpha value is -2.89. The number of carbonyl (C=O) groups excluding carboxylic acids is 3. The number of ether oxygens (including phenoxy) is 3. The third kappa shape index (κ3) is 50.1. The molecule has 6 heteroatoms. The Morgan fingerprint density at radius 3 is 1.00 bits per heavy atom. The second-order valence-corrected chi connectivity index (χ2v) is 18.1. The molecule has 1 atom stereocenters. The van der Waals surface area contributed by atoms with Crippen LogP contribution in [-0.2, 0) is 28.6 Å². The van der Waals surface area contributed by atoms with Crippen LogP contribution in [0, 0.1) is 0 Å². The summed E-state index contributed by atoms with van der Waals surface area (Å²) in [7, 11) is 0. The summed E-state index contributed by atoms with van der Waals surface area (Å²) >= 11 is 0. The van der Waals surface area contributed by atoms with Crippen molar-refractivity contribution in [1.29, 1.82) is 0 Å². The molecule has 64 heavy (non-hydrogen) atoms. The lowest BCUT2D eigenvalue weighted by Crippen LogP contribution is -2.30. The van der Waals surface area contributed by atoms with Gasteiger partial charge in [-0.3, -0.25) is 14.4 Å². The van der Waals surface area contributed by atoms with Crippen molar-refractivity contribution in [2.75, 3.05) is 13.2 Å². The number of hydrogen-bond acceptors (Lipinski definition) is 6. The Balaban J connectivity index is 4.38. The summed E-state index contributed by atoms with van der Waals surface area (Å²) < 4.78 is 16.8. The molecule has 0 saturated heterocycles. The molecular formula is C58H102O6. The Kier molecular flexibility index (Phi) is 50.4. The van der Waals surface area contributed by atoms with Gasteiger partial charge in [-0.15, -0.1) is 0 Å². The van der Waals surface area contributed by atoms with Gasteiger partial charge in [-0.05, 0) is 103 Å². The van der Waals surface area contributed by atoms with Crippen LogP contribution in [0.5, 0.6) is 0 Å². The molecule has 0 saturated carbocycles. The molecule has 0 aromatic carbocycles. The number of rotatable bonds is 49. The Morgan fingerprint density at radius 2 is 0.609 bits per heavy atom. The lowest BCUT2D eigenvalue weighted by atomic mass is 10.1. The first kappa shape index (κ1) is 61.1. The van der Waals surface area contributed by atoms with E-state index < -0.39 is 6.10 Å². The van der Waals surface area contributed by atoms with E-state index in [1.807, 2.05) is 0 Å². The maximum Gasteiger partial charge on any atom is 0.306 e. The first-order valence-corrected chi connectivity index (χ1v) is 27.3. The fourth-order valence-corrected chi connectivity index (χ4v) is 7.62. The number of esters is 3. The van der Waals surface area contributed by atoms with Gasteiger partial charge in [0.15, 0.2) is 6.10 Å². The highest BCUT2D eigenvalue weighted by Gasteiger charge is 2.19. The predicted molar refractivity (Wildman–Crippen MR) is 275 cm³/mol. The largest absolute Gasteiger partial charge is 0.462 e. The third-order valence-corrected chi connectivity index (χ3v) is 11.7. The summed E-state index contributed by atoms with van der Waals surface area (Å²) in [5.41, 5.74) is 0. The molecule has 0 N–H and O–H groups in total. The van der Waals surface area contributed by atoms with Crippen LogP contribution in [0.2, 0.25) is 0 Å². The second kappa shape index (κ2) is 52.7. The first-order chi connectivity index (χ1) is 31.5. The van der Waals surface area contributed by atoms with Crippen molar-refractivity contribution in [3.63, 3.8) is 0 Å². The minimum Gasteiger partial charge on any atom is -0.462 e. The summed E-state index contributed by atoms with van der Waals surface area (Å²) in [6.45, 7) is 6.50. The van der Waals surface area contributed by atoms with Gasteiger partial charge in [-0.1, -0.05) is 210 Å². The summed E-state index contributed by atoms with van der Waals surface area (Å²) in [5, 5.41) is 0. The van der Waals surface area contributed by atoms with Crippen LogP contribution in [0.1, 0.15) is 271 Å². The predicted octanol–water partition coefficient (Wildman–Crippen LogP) is 18.0. The molecule has 0 rings (SSSR count). The van der Waals surface area contributed by atoms with Gasteiger partial charge < -0.3 is 14.2 Å². The molecule has 0 bridgehead atoms. The molecule has 0 fully saturated rings. The summed E-state index contributed by atoms with van der Waals surface area (Å²) in [5.74, 6) is -0.899. The van der Waals surface area contributed by atoms with Crippen molar-refractivity contribution in [2.24, 2.45) is 0 Å². The zero-order chi connectivity index (χ0) is 46.5. The average molecular weight is 895 g/mol. The molecule has 0 aromatic heterocycles. The maximum atomic E-state index is 12.8. The van der Waals surface area contributed by atoms with E-state index in [1.54, 1.807) is 0 Å². The van der Waals surface area contributed by atoms with Crippen LogP contribution in [0.3, 0.4) is 0 Å². The molecular weight excluding hydrogens is 793 g/mol. The van der Waals surface area contributed by atoms with E-state index in [0.717, 1.165) is 89.9 Å². The van der Waals surface area contributed by atoms with Gasteiger partial charge in [-0.25, -0.2) is 0 Å². The van der Waals surface area contributed by atoms with Gasteiger partial charge in [0.25, 0.3) is 0 Å². The van der Waals surface area contributed by atoms with E-state index in [2.05, 4.69) is 81.5 Å². The maximum absolute atomic E-state index is 12.8. The topological polar surface area (TPSA) is 78.9 Å². The standard InChI is InChI=1S/C58H102O6/c1-4-7-10-13-16-19-22-25-27-29-31-33-36-39-42-45-48-51-57(60)63-54-55(53-62-56(59)50-47-44-41-38-35-24-21-18-15-12-9-6-3)64-58(61)52-49-46-43-40-37-34-32-30-28-26-23-20-17-14-11-8-5-2/h7,10,16,18-19,21,25-28,55H,4-6,8-9,11-15,17,20,22-24,29-54H2,1-3H3/b10-7-,19-16-,21-18-,27-25-,28-26-. The molecule has 0 aliphatic carbocycles. The molecule has 0 amide bonds.